The van der Waals surface area contributed by atoms with Gasteiger partial charge in [0.2, 0.25) is 17.7 Å². The number of nitrogens with zero attached hydrogens (tertiary/aromatic N) is 2. The molecule has 5 atom stereocenters. The number of nitrogens with two attached hydrogens (primary N) is 1. The second-order valence-electron chi connectivity index (χ2n) is 9.01. The summed E-state index contributed by atoms with van der Waals surface area (Å²) in [4.78, 5) is 58.9. The van der Waals surface area contributed by atoms with Gasteiger partial charge < -0.3 is 31.4 Å². The molecular weight excluding hydrogens is 428 g/mol. The smallest absolute Gasteiger partial charge is 0.326 e. The monoisotopic (exact) mass is 464 g/mol. The van der Waals surface area contributed by atoms with Crippen LogP contribution in [0.1, 0.15) is 52.7 Å². The summed E-state index contributed by atoms with van der Waals surface area (Å²) in [5.41, 5.74) is 6.58. The predicted octanol–water partition coefficient (Wildman–Crippen LogP) is 0.0268. The van der Waals surface area contributed by atoms with E-state index in [-0.39, 0.29) is 18.3 Å². The maximum Gasteiger partial charge on any atom is 0.326 e. The summed E-state index contributed by atoms with van der Waals surface area (Å²) < 4.78 is 0. The van der Waals surface area contributed by atoms with Crippen LogP contribution in [0.25, 0.3) is 0 Å². The van der Waals surface area contributed by atoms with Gasteiger partial charge in [0, 0.05) is 24.9 Å². The molecule has 5 unspecified atom stereocenters. The first-order chi connectivity index (χ1) is 15.6. The van der Waals surface area contributed by atoms with E-state index < -0.39 is 47.9 Å². The number of hydrogen-bond acceptors (Lipinski definition) is 6. The molecule has 11 nitrogen and oxygen atoms in total. The summed E-state index contributed by atoms with van der Waals surface area (Å²) in [5, 5.41) is 14.9. The zero-order valence-corrected chi connectivity index (χ0v) is 19.7. The van der Waals surface area contributed by atoms with Crippen molar-refractivity contribution >= 4 is 23.7 Å². The van der Waals surface area contributed by atoms with Crippen LogP contribution in [0.4, 0.5) is 0 Å². The molecule has 0 aromatic carbocycles. The molecule has 2 heterocycles. The van der Waals surface area contributed by atoms with Gasteiger partial charge in [-0.05, 0) is 24.7 Å². The Hall–Kier alpha value is -2.95. The first-order valence-corrected chi connectivity index (χ1v) is 11.4. The summed E-state index contributed by atoms with van der Waals surface area (Å²) in [6.07, 6.45) is 4.72. The van der Waals surface area contributed by atoms with Crippen molar-refractivity contribution in [2.75, 3.05) is 6.54 Å². The maximum atomic E-state index is 13.3. The van der Waals surface area contributed by atoms with Crippen molar-refractivity contribution in [3.8, 4) is 0 Å². The topological polar surface area (TPSA) is 171 Å². The number of rotatable bonds is 11. The summed E-state index contributed by atoms with van der Waals surface area (Å²) in [5.74, 6) is -2.85. The molecule has 1 aliphatic rings. The van der Waals surface area contributed by atoms with E-state index in [0.29, 0.717) is 31.5 Å². The predicted molar refractivity (Wildman–Crippen MR) is 121 cm³/mol. The number of carboxylic acid groups (broad SMARTS) is 1. The second kappa shape index (κ2) is 11.8. The average molecular weight is 465 g/mol. The molecule has 1 aromatic heterocycles. The number of carboxylic acids is 1. The van der Waals surface area contributed by atoms with Crippen molar-refractivity contribution in [2.24, 2.45) is 17.6 Å². The molecule has 3 amide bonds. The first-order valence-electron chi connectivity index (χ1n) is 11.4. The van der Waals surface area contributed by atoms with Crippen molar-refractivity contribution in [3.05, 3.63) is 18.2 Å². The molecule has 0 saturated carbocycles. The molecule has 6 N–H and O–H groups in total. The molecule has 1 aromatic rings. The quantitative estimate of drug-likeness (QED) is 0.307. The highest BCUT2D eigenvalue weighted by molar-refractivity contribution is 5.94. The van der Waals surface area contributed by atoms with Gasteiger partial charge in [-0.25, -0.2) is 9.78 Å². The normalized spacial score (nSPS) is 19.6. The third-order valence-corrected chi connectivity index (χ3v) is 6.23. The van der Waals surface area contributed by atoms with E-state index in [1.165, 1.54) is 11.2 Å². The van der Waals surface area contributed by atoms with Gasteiger partial charge in [-0.3, -0.25) is 14.4 Å². The molecule has 1 aliphatic heterocycles. The first kappa shape index (κ1) is 26.3. The molecule has 2 rings (SSSR count). The average Bonchev–Trinajstić information content (AvgIpc) is 3.47. The zero-order chi connectivity index (χ0) is 24.7. The van der Waals surface area contributed by atoms with E-state index in [2.05, 4.69) is 20.6 Å². The van der Waals surface area contributed by atoms with Crippen molar-refractivity contribution in [3.63, 3.8) is 0 Å². The highest BCUT2D eigenvalue weighted by Crippen LogP contribution is 2.21. The molecule has 1 fully saturated rings. The van der Waals surface area contributed by atoms with Gasteiger partial charge in [0.15, 0.2) is 0 Å². The van der Waals surface area contributed by atoms with Crippen LogP contribution >= 0.6 is 0 Å². The SMILES string of the molecule is CCC(C)C(NC(=O)C(Cc1cnc[nH]1)NC(=O)C(N)C(C)C)C(=O)N1CCCC1C(=O)O. The number of carbonyl (C=O) groups excluding carboxylic acids is 3. The summed E-state index contributed by atoms with van der Waals surface area (Å²) in [6.45, 7) is 7.66. The number of amides is 3. The van der Waals surface area contributed by atoms with E-state index in [1.807, 2.05) is 13.8 Å². The van der Waals surface area contributed by atoms with E-state index in [9.17, 15) is 24.3 Å². The van der Waals surface area contributed by atoms with Crippen LogP contribution < -0.4 is 16.4 Å². The lowest BCUT2D eigenvalue weighted by Gasteiger charge is -2.31. The highest BCUT2D eigenvalue weighted by atomic mass is 16.4. The molecule has 0 spiro atoms. The van der Waals surface area contributed by atoms with Crippen LogP contribution in [0.15, 0.2) is 12.5 Å². The molecule has 1 saturated heterocycles. The molecule has 11 heteroatoms. The summed E-state index contributed by atoms with van der Waals surface area (Å²) in [6, 6.07) is -3.60. The van der Waals surface area contributed by atoms with Gasteiger partial charge in [-0.15, -0.1) is 0 Å². The van der Waals surface area contributed by atoms with Gasteiger partial charge in [0.1, 0.15) is 18.1 Å². The van der Waals surface area contributed by atoms with Gasteiger partial charge >= 0.3 is 5.97 Å². The van der Waals surface area contributed by atoms with Crippen molar-refractivity contribution in [1.29, 1.82) is 0 Å². The molecule has 184 valence electrons. The Morgan fingerprint density at radius 3 is 2.48 bits per heavy atom. The minimum atomic E-state index is -1.05. The molecule has 0 aliphatic carbocycles. The van der Waals surface area contributed by atoms with Crippen LogP contribution in [0.3, 0.4) is 0 Å². The van der Waals surface area contributed by atoms with Gasteiger partial charge in [0.25, 0.3) is 0 Å². The Labute approximate surface area is 193 Å². The summed E-state index contributed by atoms with van der Waals surface area (Å²) >= 11 is 0. The second-order valence-corrected chi connectivity index (χ2v) is 9.01. The lowest BCUT2D eigenvalue weighted by atomic mass is 9.96. The van der Waals surface area contributed by atoms with Crippen LogP contribution in [0.2, 0.25) is 0 Å². The molecule has 0 bridgehead atoms. The highest BCUT2D eigenvalue weighted by Gasteiger charge is 2.40. The lowest BCUT2D eigenvalue weighted by Crippen LogP contribution is -2.59. The fourth-order valence-corrected chi connectivity index (χ4v) is 3.80. The van der Waals surface area contributed by atoms with E-state index >= 15 is 0 Å². The number of nitrogens with one attached hydrogen (secondary N) is 3. The fourth-order valence-electron chi connectivity index (χ4n) is 3.80. The van der Waals surface area contributed by atoms with Crippen LogP contribution in [-0.2, 0) is 25.6 Å². The maximum absolute atomic E-state index is 13.3. The minimum absolute atomic E-state index is 0.126. The number of hydrogen-bond donors (Lipinski definition) is 5. The lowest BCUT2D eigenvalue weighted by molar-refractivity contribution is -0.150. The van der Waals surface area contributed by atoms with Gasteiger partial charge in [-0.2, -0.15) is 0 Å². The Morgan fingerprint density at radius 2 is 1.94 bits per heavy atom. The van der Waals surface area contributed by atoms with E-state index in [1.54, 1.807) is 20.0 Å². The van der Waals surface area contributed by atoms with E-state index in [0.717, 1.165) is 0 Å². The van der Waals surface area contributed by atoms with Gasteiger partial charge in [0.05, 0.1) is 12.4 Å². The third-order valence-electron chi connectivity index (χ3n) is 6.23. The minimum Gasteiger partial charge on any atom is -0.480 e. The van der Waals surface area contributed by atoms with Crippen molar-refractivity contribution in [1.82, 2.24) is 25.5 Å². The van der Waals surface area contributed by atoms with Crippen molar-refractivity contribution < 1.29 is 24.3 Å². The van der Waals surface area contributed by atoms with E-state index in [4.69, 9.17) is 5.73 Å². The van der Waals surface area contributed by atoms with Crippen LogP contribution in [0.5, 0.6) is 0 Å². The number of likely N-dealkylation sites (tertiary alicyclic amines) is 1. The third kappa shape index (κ3) is 6.77. The summed E-state index contributed by atoms with van der Waals surface area (Å²) in [7, 11) is 0. The Kier molecular flexibility index (Phi) is 9.39. The molecule has 33 heavy (non-hydrogen) atoms. The number of H-pyrrole nitrogens is 1. The molecule has 0 radical (unpaired) electrons. The Bertz CT molecular complexity index is 827. The van der Waals surface area contributed by atoms with Gasteiger partial charge in [-0.1, -0.05) is 34.1 Å². The van der Waals surface area contributed by atoms with Crippen molar-refractivity contribution in [2.45, 2.75) is 77.5 Å². The number of aromatic amines is 1. The standard InChI is InChI=1S/C22H36N6O5/c1-5-13(4)18(21(31)28-8-6-7-16(28)22(32)33)27-19(29)15(9-14-10-24-11-25-14)26-20(30)17(23)12(2)3/h10-13,15-18H,5-9,23H2,1-4H3,(H,24,25)(H,26,30)(H,27,29)(H,32,33). The van der Waals surface area contributed by atoms with Crippen LogP contribution in [-0.4, -0.2) is 74.4 Å². The number of carbonyl (C=O) groups is 4. The zero-order valence-electron chi connectivity index (χ0n) is 19.7. The number of aliphatic carboxylic acids is 1. The fraction of sp³-hybridized carbons (Fsp3) is 0.682. The Morgan fingerprint density at radius 1 is 1.24 bits per heavy atom. The number of imidazole rings is 1. The molecular formula is C22H36N6O5. The Balaban J connectivity index is 2.23. The van der Waals surface area contributed by atoms with Crippen LogP contribution in [0, 0.1) is 11.8 Å². The number of aromatic nitrogens is 2. The largest absolute Gasteiger partial charge is 0.480 e.